The second kappa shape index (κ2) is 4.14. The lowest BCUT2D eigenvalue weighted by molar-refractivity contribution is -0.685. The summed E-state index contributed by atoms with van der Waals surface area (Å²) in [6.07, 6.45) is 4.92. The fourth-order valence-electron chi connectivity index (χ4n) is 1.16. The lowest BCUT2D eigenvalue weighted by Crippen LogP contribution is -2.36. The van der Waals surface area contributed by atoms with E-state index >= 15 is 0 Å². The molecule has 0 fully saturated rings. The van der Waals surface area contributed by atoms with Crippen molar-refractivity contribution >= 4 is 17.5 Å². The first-order valence-electron chi connectivity index (χ1n) is 4.23. The van der Waals surface area contributed by atoms with Crippen LogP contribution in [0.25, 0.3) is 10.6 Å². The van der Waals surface area contributed by atoms with Gasteiger partial charge in [0.2, 0.25) is 6.54 Å². The topological polar surface area (TPSA) is 67.0 Å². The first-order valence-corrected chi connectivity index (χ1v) is 5.01. The highest BCUT2D eigenvalue weighted by molar-refractivity contribution is 7.09. The van der Waals surface area contributed by atoms with Crippen LogP contribution in [0.1, 0.15) is 0 Å². The Morgan fingerprint density at radius 1 is 1.47 bits per heavy atom. The van der Waals surface area contributed by atoms with Crippen molar-refractivity contribution in [3.63, 3.8) is 0 Å². The molecule has 5 nitrogen and oxygen atoms in total. The molecule has 0 aliphatic heterocycles. The monoisotopic (exact) mass is 222 g/mol. The van der Waals surface area contributed by atoms with E-state index in [4.69, 9.17) is 5.11 Å². The predicted octanol–water partition coefficient (Wildman–Crippen LogP) is 0.577. The molecule has 0 radical (unpaired) electrons. The SMILES string of the molecule is O=C(O)C[n+]1ccc(-c2ncns2)cc1. The van der Waals surface area contributed by atoms with Crippen molar-refractivity contribution in [1.82, 2.24) is 9.36 Å². The number of hydrogen-bond acceptors (Lipinski definition) is 4. The summed E-state index contributed by atoms with van der Waals surface area (Å²) in [6.45, 7) is -0.0314. The van der Waals surface area contributed by atoms with Gasteiger partial charge in [0.1, 0.15) is 11.3 Å². The molecule has 2 rings (SSSR count). The first kappa shape index (κ1) is 9.72. The normalized spacial score (nSPS) is 10.1. The van der Waals surface area contributed by atoms with Gasteiger partial charge in [-0.15, -0.1) is 0 Å². The van der Waals surface area contributed by atoms with E-state index in [0.717, 1.165) is 10.6 Å². The zero-order chi connectivity index (χ0) is 10.7. The Hall–Kier alpha value is -1.82. The van der Waals surface area contributed by atoms with Gasteiger partial charge in [-0.25, -0.2) is 9.78 Å². The van der Waals surface area contributed by atoms with Crippen LogP contribution in [0, 0.1) is 0 Å². The van der Waals surface area contributed by atoms with Gasteiger partial charge in [0.15, 0.2) is 12.4 Å². The van der Waals surface area contributed by atoms with E-state index in [2.05, 4.69) is 9.36 Å². The van der Waals surface area contributed by atoms with Gasteiger partial charge >= 0.3 is 5.97 Å². The van der Waals surface area contributed by atoms with E-state index in [1.165, 1.54) is 17.9 Å². The smallest absolute Gasteiger partial charge is 0.370 e. The Balaban J connectivity index is 2.21. The number of nitrogens with zero attached hydrogens (tertiary/aromatic N) is 3. The van der Waals surface area contributed by atoms with Crippen LogP contribution in [0.5, 0.6) is 0 Å². The van der Waals surface area contributed by atoms with E-state index in [-0.39, 0.29) is 6.54 Å². The number of carbonyl (C=O) groups is 1. The average molecular weight is 222 g/mol. The average Bonchev–Trinajstić information content (AvgIpc) is 2.71. The minimum Gasteiger partial charge on any atom is -0.477 e. The van der Waals surface area contributed by atoms with Crippen LogP contribution >= 0.6 is 11.5 Å². The van der Waals surface area contributed by atoms with Crippen molar-refractivity contribution in [2.75, 3.05) is 0 Å². The van der Waals surface area contributed by atoms with Gasteiger partial charge in [0, 0.05) is 17.7 Å². The van der Waals surface area contributed by atoms with Gasteiger partial charge < -0.3 is 5.11 Å². The lowest BCUT2D eigenvalue weighted by Gasteiger charge is -1.94. The van der Waals surface area contributed by atoms with Gasteiger partial charge in [-0.2, -0.15) is 8.94 Å². The Morgan fingerprint density at radius 2 is 2.20 bits per heavy atom. The van der Waals surface area contributed by atoms with Crippen molar-refractivity contribution in [3.05, 3.63) is 30.9 Å². The molecule has 0 aromatic carbocycles. The molecule has 0 saturated carbocycles. The Kier molecular flexibility index (Phi) is 2.68. The lowest BCUT2D eigenvalue weighted by atomic mass is 10.3. The number of carboxylic acids is 1. The fraction of sp³-hybridized carbons (Fsp3) is 0.111. The number of rotatable bonds is 3. The van der Waals surface area contributed by atoms with Gasteiger partial charge in [-0.05, 0) is 11.5 Å². The Morgan fingerprint density at radius 3 is 2.73 bits per heavy atom. The molecule has 0 aliphatic rings. The van der Waals surface area contributed by atoms with Gasteiger partial charge in [-0.1, -0.05) is 0 Å². The number of aromatic nitrogens is 3. The fourth-order valence-corrected chi connectivity index (χ4v) is 1.69. The van der Waals surface area contributed by atoms with Crippen molar-refractivity contribution in [3.8, 4) is 10.6 Å². The van der Waals surface area contributed by atoms with E-state index < -0.39 is 5.97 Å². The third-order valence-corrected chi connectivity index (χ3v) is 2.53. The predicted molar refractivity (Wildman–Crippen MR) is 53.2 cm³/mol. The van der Waals surface area contributed by atoms with Crippen LogP contribution in [0.4, 0.5) is 0 Å². The second-order valence-electron chi connectivity index (χ2n) is 2.90. The third-order valence-electron chi connectivity index (χ3n) is 1.82. The maximum absolute atomic E-state index is 10.4. The van der Waals surface area contributed by atoms with E-state index in [9.17, 15) is 4.79 Å². The molecule has 0 saturated heterocycles. The molecular weight excluding hydrogens is 214 g/mol. The van der Waals surface area contributed by atoms with Crippen molar-refractivity contribution in [1.29, 1.82) is 0 Å². The molecule has 2 heterocycles. The molecule has 1 N–H and O–H groups in total. The third kappa shape index (κ3) is 2.35. The van der Waals surface area contributed by atoms with Gasteiger partial charge in [0.25, 0.3) is 0 Å². The summed E-state index contributed by atoms with van der Waals surface area (Å²) in [5, 5.41) is 9.41. The largest absolute Gasteiger partial charge is 0.477 e. The van der Waals surface area contributed by atoms with Gasteiger partial charge in [0.05, 0.1) is 0 Å². The molecule has 2 aromatic rings. The molecule has 0 atom stereocenters. The summed E-state index contributed by atoms with van der Waals surface area (Å²) in [4.78, 5) is 14.5. The van der Waals surface area contributed by atoms with Crippen molar-refractivity contribution < 1.29 is 14.5 Å². The Bertz CT molecular complexity index is 453. The summed E-state index contributed by atoms with van der Waals surface area (Å²) in [6, 6.07) is 3.65. The molecular formula is C9H8N3O2S+. The Labute approximate surface area is 89.8 Å². The zero-order valence-corrected chi connectivity index (χ0v) is 8.52. The van der Waals surface area contributed by atoms with Gasteiger partial charge in [-0.3, -0.25) is 0 Å². The highest BCUT2D eigenvalue weighted by Crippen LogP contribution is 2.17. The molecule has 0 aliphatic carbocycles. The zero-order valence-electron chi connectivity index (χ0n) is 7.70. The minimum absolute atomic E-state index is 0.0314. The quantitative estimate of drug-likeness (QED) is 0.771. The number of pyridine rings is 1. The number of hydrogen-bond donors (Lipinski definition) is 1. The maximum Gasteiger partial charge on any atom is 0.370 e. The molecule has 0 unspecified atom stereocenters. The van der Waals surface area contributed by atoms with Crippen LogP contribution in [0.3, 0.4) is 0 Å². The van der Waals surface area contributed by atoms with Crippen molar-refractivity contribution in [2.24, 2.45) is 0 Å². The summed E-state index contributed by atoms with van der Waals surface area (Å²) < 4.78 is 5.49. The summed E-state index contributed by atoms with van der Waals surface area (Å²) >= 11 is 1.31. The molecule has 0 bridgehead atoms. The molecule has 0 amide bonds. The number of carboxylic acid groups (broad SMARTS) is 1. The van der Waals surface area contributed by atoms with E-state index in [1.807, 2.05) is 12.1 Å². The highest BCUT2D eigenvalue weighted by atomic mass is 32.1. The second-order valence-corrected chi connectivity index (χ2v) is 3.68. The first-order chi connectivity index (χ1) is 7.25. The van der Waals surface area contributed by atoms with Crippen LogP contribution < -0.4 is 4.57 Å². The minimum atomic E-state index is -0.858. The summed E-state index contributed by atoms with van der Waals surface area (Å²) in [5.41, 5.74) is 0.944. The number of aliphatic carboxylic acids is 1. The molecule has 2 aromatic heterocycles. The standard InChI is InChI=1S/C9H7N3O2S/c13-8(14)5-12-3-1-7(2-4-12)9-10-6-11-15-9/h1-4,6H,5H2/p+1. The molecule has 6 heteroatoms. The maximum atomic E-state index is 10.4. The molecule has 15 heavy (non-hydrogen) atoms. The van der Waals surface area contributed by atoms with Crippen LogP contribution in [-0.4, -0.2) is 20.4 Å². The van der Waals surface area contributed by atoms with Crippen LogP contribution in [-0.2, 0) is 11.3 Å². The van der Waals surface area contributed by atoms with Crippen molar-refractivity contribution in [2.45, 2.75) is 6.54 Å². The van der Waals surface area contributed by atoms with Crippen LogP contribution in [0.15, 0.2) is 30.9 Å². The van der Waals surface area contributed by atoms with Crippen LogP contribution in [0.2, 0.25) is 0 Å². The molecule has 76 valence electrons. The summed E-state index contributed by atoms with van der Waals surface area (Å²) in [7, 11) is 0. The van der Waals surface area contributed by atoms with E-state index in [1.54, 1.807) is 17.0 Å². The molecule has 0 spiro atoms. The van der Waals surface area contributed by atoms with E-state index in [0.29, 0.717) is 0 Å². The highest BCUT2D eigenvalue weighted by Gasteiger charge is 2.08. The summed E-state index contributed by atoms with van der Waals surface area (Å²) in [5.74, 6) is -0.858.